The fourth-order valence-electron chi connectivity index (χ4n) is 3.64. The number of rotatable bonds is 1. The third-order valence-electron chi connectivity index (χ3n) is 4.63. The van der Waals surface area contributed by atoms with Gasteiger partial charge in [-0.05, 0) is 47.6 Å². The Bertz CT molecular complexity index is 738. The predicted molar refractivity (Wildman–Crippen MR) is 80.0 cm³/mol. The molecule has 1 atom stereocenters. The smallest absolute Gasteiger partial charge is 0.225 e. The molecule has 2 aromatic rings. The van der Waals surface area contributed by atoms with Gasteiger partial charge in [-0.2, -0.15) is 0 Å². The zero-order chi connectivity index (χ0) is 14.4. The minimum absolute atomic E-state index is 0.0175. The number of carbonyl (C=O) groups excluding carboxylic acids is 1. The first-order valence-electron chi connectivity index (χ1n) is 7.43. The summed E-state index contributed by atoms with van der Waals surface area (Å²) in [7, 11) is 0. The van der Waals surface area contributed by atoms with Crippen molar-refractivity contribution in [2.75, 3.05) is 5.32 Å². The van der Waals surface area contributed by atoms with Crippen LogP contribution in [0.1, 0.15) is 41.0 Å². The number of amides is 1. The van der Waals surface area contributed by atoms with Crippen LogP contribution in [0.15, 0.2) is 36.4 Å². The first kappa shape index (κ1) is 12.6. The lowest BCUT2D eigenvalue weighted by Gasteiger charge is -2.28. The molecule has 0 bridgehead atoms. The van der Waals surface area contributed by atoms with E-state index in [9.17, 15) is 9.18 Å². The molecule has 0 spiro atoms. The molecule has 2 aromatic carbocycles. The van der Waals surface area contributed by atoms with Crippen molar-refractivity contribution in [2.24, 2.45) is 0 Å². The van der Waals surface area contributed by atoms with Gasteiger partial charge in [0.25, 0.3) is 0 Å². The van der Waals surface area contributed by atoms with E-state index in [1.54, 1.807) is 12.1 Å². The minimum atomic E-state index is -0.233. The maximum atomic E-state index is 14.1. The third-order valence-corrected chi connectivity index (χ3v) is 4.63. The highest BCUT2D eigenvalue weighted by Crippen LogP contribution is 2.42. The molecule has 0 aromatic heterocycles. The fraction of sp³-hybridized carbons (Fsp3) is 0.278. The molecule has 106 valence electrons. The normalized spacial score (nSPS) is 19.9. The van der Waals surface area contributed by atoms with E-state index in [0.29, 0.717) is 12.0 Å². The Balaban J connectivity index is 1.90. The SMILES string of the molecule is O=C1CC(c2ccccc2F)c2ccc3c(c2N1)CCC3. The van der Waals surface area contributed by atoms with Crippen LogP contribution in [0.2, 0.25) is 0 Å². The second-order valence-corrected chi connectivity index (χ2v) is 5.85. The highest BCUT2D eigenvalue weighted by Gasteiger charge is 2.31. The zero-order valence-corrected chi connectivity index (χ0v) is 11.7. The number of hydrogen-bond donors (Lipinski definition) is 1. The fourth-order valence-corrected chi connectivity index (χ4v) is 3.64. The van der Waals surface area contributed by atoms with E-state index >= 15 is 0 Å². The van der Waals surface area contributed by atoms with Crippen LogP contribution in [-0.4, -0.2) is 5.91 Å². The summed E-state index contributed by atoms with van der Waals surface area (Å²) in [4.78, 5) is 12.1. The van der Waals surface area contributed by atoms with Crippen LogP contribution in [0.5, 0.6) is 0 Å². The second kappa shape index (κ2) is 4.69. The van der Waals surface area contributed by atoms with Crippen LogP contribution in [0.3, 0.4) is 0 Å². The Morgan fingerprint density at radius 2 is 1.90 bits per heavy atom. The summed E-state index contributed by atoms with van der Waals surface area (Å²) in [6.07, 6.45) is 3.52. The van der Waals surface area contributed by atoms with Crippen molar-refractivity contribution in [3.8, 4) is 0 Å². The molecular formula is C18H16FNO. The van der Waals surface area contributed by atoms with Gasteiger partial charge in [-0.25, -0.2) is 4.39 Å². The van der Waals surface area contributed by atoms with Gasteiger partial charge in [0.15, 0.2) is 0 Å². The molecule has 0 saturated heterocycles. The number of fused-ring (bicyclic) bond motifs is 3. The Kier molecular flexibility index (Phi) is 2.81. The number of nitrogens with one attached hydrogen (secondary N) is 1. The summed E-state index contributed by atoms with van der Waals surface area (Å²) in [5, 5.41) is 3.02. The summed E-state index contributed by atoms with van der Waals surface area (Å²) in [6.45, 7) is 0. The van der Waals surface area contributed by atoms with Crippen molar-refractivity contribution in [1.82, 2.24) is 0 Å². The van der Waals surface area contributed by atoms with Crippen molar-refractivity contribution >= 4 is 11.6 Å². The lowest BCUT2D eigenvalue weighted by atomic mass is 9.82. The van der Waals surface area contributed by atoms with Crippen LogP contribution in [0.25, 0.3) is 0 Å². The average Bonchev–Trinajstić information content (AvgIpc) is 2.96. The maximum Gasteiger partial charge on any atom is 0.225 e. The molecule has 3 heteroatoms. The van der Waals surface area contributed by atoms with Crippen molar-refractivity contribution < 1.29 is 9.18 Å². The highest BCUT2D eigenvalue weighted by molar-refractivity contribution is 5.96. The first-order chi connectivity index (χ1) is 10.2. The quantitative estimate of drug-likeness (QED) is 0.846. The Labute approximate surface area is 123 Å². The van der Waals surface area contributed by atoms with Gasteiger partial charge >= 0.3 is 0 Å². The van der Waals surface area contributed by atoms with Crippen LogP contribution >= 0.6 is 0 Å². The van der Waals surface area contributed by atoms with Crippen LogP contribution in [0.4, 0.5) is 10.1 Å². The first-order valence-corrected chi connectivity index (χ1v) is 7.43. The average molecular weight is 281 g/mol. The molecular weight excluding hydrogens is 265 g/mol. The summed E-state index contributed by atoms with van der Waals surface area (Å²) in [6, 6.07) is 11.0. The third kappa shape index (κ3) is 1.96. The number of aryl methyl sites for hydroxylation is 1. The monoisotopic (exact) mass is 281 g/mol. The minimum Gasteiger partial charge on any atom is -0.326 e. The lowest BCUT2D eigenvalue weighted by molar-refractivity contribution is -0.116. The largest absolute Gasteiger partial charge is 0.326 e. The van der Waals surface area contributed by atoms with E-state index in [-0.39, 0.29) is 17.6 Å². The van der Waals surface area contributed by atoms with Gasteiger partial charge in [-0.1, -0.05) is 30.3 Å². The zero-order valence-electron chi connectivity index (χ0n) is 11.7. The number of anilines is 1. The second-order valence-electron chi connectivity index (χ2n) is 5.85. The number of halogens is 1. The van der Waals surface area contributed by atoms with Crippen LogP contribution < -0.4 is 5.32 Å². The molecule has 1 heterocycles. The van der Waals surface area contributed by atoms with Crippen molar-refractivity contribution in [1.29, 1.82) is 0 Å². The molecule has 21 heavy (non-hydrogen) atoms. The molecule has 0 fully saturated rings. The van der Waals surface area contributed by atoms with E-state index < -0.39 is 0 Å². The van der Waals surface area contributed by atoms with Gasteiger partial charge in [0, 0.05) is 18.0 Å². The lowest BCUT2D eigenvalue weighted by Crippen LogP contribution is -2.25. The summed E-state index contributed by atoms with van der Waals surface area (Å²) < 4.78 is 14.1. The summed E-state index contributed by atoms with van der Waals surface area (Å²) in [5.41, 5.74) is 5.19. The molecule has 1 amide bonds. The van der Waals surface area contributed by atoms with E-state index in [1.807, 2.05) is 6.07 Å². The van der Waals surface area contributed by atoms with Gasteiger partial charge in [0.1, 0.15) is 5.82 Å². The Morgan fingerprint density at radius 1 is 1.05 bits per heavy atom. The number of hydrogen-bond acceptors (Lipinski definition) is 1. The predicted octanol–water partition coefficient (Wildman–Crippen LogP) is 3.79. The Morgan fingerprint density at radius 3 is 2.76 bits per heavy atom. The molecule has 4 rings (SSSR count). The van der Waals surface area contributed by atoms with Gasteiger partial charge in [0.05, 0.1) is 0 Å². The number of carbonyl (C=O) groups is 1. The van der Waals surface area contributed by atoms with Crippen LogP contribution in [-0.2, 0) is 17.6 Å². The van der Waals surface area contributed by atoms with Gasteiger partial charge in [0.2, 0.25) is 5.91 Å². The molecule has 1 aliphatic heterocycles. The molecule has 1 unspecified atom stereocenters. The van der Waals surface area contributed by atoms with Crippen molar-refractivity contribution in [2.45, 2.75) is 31.6 Å². The van der Waals surface area contributed by atoms with Gasteiger partial charge < -0.3 is 5.32 Å². The van der Waals surface area contributed by atoms with Crippen LogP contribution in [0, 0.1) is 5.82 Å². The highest BCUT2D eigenvalue weighted by atomic mass is 19.1. The molecule has 0 saturated carbocycles. The maximum absolute atomic E-state index is 14.1. The van der Waals surface area contributed by atoms with E-state index in [4.69, 9.17) is 0 Å². The Hall–Kier alpha value is -2.16. The van der Waals surface area contributed by atoms with Gasteiger partial charge in [-0.3, -0.25) is 4.79 Å². The molecule has 2 nitrogen and oxygen atoms in total. The van der Waals surface area contributed by atoms with Gasteiger partial charge in [-0.15, -0.1) is 0 Å². The molecule has 0 radical (unpaired) electrons. The van der Waals surface area contributed by atoms with E-state index in [2.05, 4.69) is 17.4 Å². The molecule has 1 N–H and O–H groups in total. The summed E-state index contributed by atoms with van der Waals surface area (Å²) in [5.74, 6) is -0.430. The molecule has 1 aliphatic carbocycles. The van der Waals surface area contributed by atoms with E-state index in [0.717, 1.165) is 30.5 Å². The summed E-state index contributed by atoms with van der Waals surface area (Å²) >= 11 is 0. The van der Waals surface area contributed by atoms with Crippen molar-refractivity contribution in [3.63, 3.8) is 0 Å². The van der Waals surface area contributed by atoms with E-state index in [1.165, 1.54) is 17.2 Å². The molecule has 2 aliphatic rings. The standard InChI is InChI=1S/C18H16FNO/c19-16-7-2-1-5-13(16)15-10-17(21)20-18-12-6-3-4-11(12)8-9-14(15)18/h1-2,5,7-9,15H,3-4,6,10H2,(H,20,21). The topological polar surface area (TPSA) is 29.1 Å². The number of benzene rings is 2. The van der Waals surface area contributed by atoms with Crippen molar-refractivity contribution in [3.05, 3.63) is 64.5 Å².